The van der Waals surface area contributed by atoms with E-state index in [4.69, 9.17) is 9.47 Å². The molecule has 1 saturated heterocycles. The Kier molecular flexibility index (Phi) is 6.29. The molecule has 0 radical (unpaired) electrons. The Morgan fingerprint density at radius 1 is 1.31 bits per heavy atom. The van der Waals surface area contributed by atoms with Gasteiger partial charge in [-0.05, 0) is 30.6 Å². The van der Waals surface area contributed by atoms with E-state index in [2.05, 4.69) is 33.7 Å². The first-order chi connectivity index (χ1) is 14.0. The van der Waals surface area contributed by atoms with E-state index in [1.165, 1.54) is 12.3 Å². The van der Waals surface area contributed by atoms with Crippen molar-refractivity contribution in [3.05, 3.63) is 54.3 Å². The van der Waals surface area contributed by atoms with Crippen molar-refractivity contribution in [2.24, 2.45) is 0 Å². The Labute approximate surface area is 168 Å². The highest BCUT2D eigenvalue weighted by molar-refractivity contribution is 5.87. The van der Waals surface area contributed by atoms with Crippen LogP contribution in [0.25, 0.3) is 0 Å². The number of methoxy groups -OCH3 is 2. The molecule has 1 fully saturated rings. The number of carbonyl (C=O) groups is 1. The summed E-state index contributed by atoms with van der Waals surface area (Å²) in [6.45, 7) is 4.64. The van der Waals surface area contributed by atoms with Crippen LogP contribution in [0, 0.1) is 17.8 Å². The van der Waals surface area contributed by atoms with Crippen molar-refractivity contribution >= 4 is 11.7 Å². The van der Waals surface area contributed by atoms with E-state index in [1.54, 1.807) is 37.3 Å². The fourth-order valence-electron chi connectivity index (χ4n) is 2.95. The van der Waals surface area contributed by atoms with Crippen LogP contribution in [0.4, 0.5) is 10.2 Å². The third-order valence-corrected chi connectivity index (χ3v) is 4.43. The van der Waals surface area contributed by atoms with Gasteiger partial charge in [0.1, 0.15) is 17.3 Å². The summed E-state index contributed by atoms with van der Waals surface area (Å²) in [5.74, 6) is 6.25. The molecule has 0 spiro atoms. The van der Waals surface area contributed by atoms with Gasteiger partial charge in [0, 0.05) is 30.8 Å². The van der Waals surface area contributed by atoms with E-state index in [0.717, 1.165) is 6.42 Å². The maximum atomic E-state index is 14.1. The lowest BCUT2D eigenvalue weighted by Gasteiger charge is -2.15. The van der Waals surface area contributed by atoms with E-state index < -0.39 is 5.95 Å². The molecule has 1 aliphatic heterocycles. The van der Waals surface area contributed by atoms with Crippen LogP contribution in [0.15, 0.2) is 37.1 Å². The van der Waals surface area contributed by atoms with Gasteiger partial charge >= 0.3 is 0 Å². The van der Waals surface area contributed by atoms with Crippen molar-refractivity contribution in [2.75, 3.05) is 32.6 Å². The molecule has 2 aromatic rings. The fraction of sp³-hybridized carbons (Fsp3) is 0.286. The zero-order valence-electron chi connectivity index (χ0n) is 16.2. The Morgan fingerprint density at radius 3 is 2.69 bits per heavy atom. The minimum absolute atomic E-state index is 0.00196. The van der Waals surface area contributed by atoms with E-state index in [-0.39, 0.29) is 17.6 Å². The highest BCUT2D eigenvalue weighted by atomic mass is 19.1. The first-order valence-electron chi connectivity index (χ1n) is 8.98. The number of rotatable bonds is 5. The topological polar surface area (TPSA) is 76.6 Å². The van der Waals surface area contributed by atoms with E-state index in [9.17, 15) is 9.18 Å². The van der Waals surface area contributed by atoms with Crippen molar-refractivity contribution in [3.63, 3.8) is 0 Å². The van der Waals surface area contributed by atoms with Crippen molar-refractivity contribution < 1.29 is 18.7 Å². The molecule has 1 aromatic carbocycles. The summed E-state index contributed by atoms with van der Waals surface area (Å²) in [6.07, 6.45) is 3.36. The summed E-state index contributed by atoms with van der Waals surface area (Å²) >= 11 is 0. The molecule has 1 aromatic heterocycles. The number of anilines is 1. The van der Waals surface area contributed by atoms with E-state index in [1.807, 2.05) is 0 Å². The molecule has 3 rings (SSSR count). The molecule has 0 saturated carbocycles. The number of likely N-dealkylation sites (tertiary alicyclic amines) is 1. The molecule has 1 unspecified atom stereocenters. The van der Waals surface area contributed by atoms with E-state index in [0.29, 0.717) is 36.0 Å². The number of benzene rings is 1. The van der Waals surface area contributed by atoms with Gasteiger partial charge < -0.3 is 19.7 Å². The molecular weight excluding hydrogens is 375 g/mol. The van der Waals surface area contributed by atoms with Crippen LogP contribution in [0.2, 0.25) is 0 Å². The molecule has 8 heteroatoms. The van der Waals surface area contributed by atoms with Gasteiger partial charge in [-0.15, -0.1) is 0 Å². The largest absolute Gasteiger partial charge is 0.497 e. The number of ether oxygens (including phenoxy) is 2. The van der Waals surface area contributed by atoms with Crippen molar-refractivity contribution in [1.29, 1.82) is 0 Å². The van der Waals surface area contributed by atoms with Gasteiger partial charge in [-0.2, -0.15) is 4.39 Å². The minimum Gasteiger partial charge on any atom is -0.497 e. The molecule has 1 atom stereocenters. The maximum absolute atomic E-state index is 14.1. The average Bonchev–Trinajstić information content (AvgIpc) is 3.21. The zero-order valence-corrected chi connectivity index (χ0v) is 16.2. The predicted octanol–water partition coefficient (Wildman–Crippen LogP) is 2.23. The number of hydrogen-bond acceptors (Lipinski definition) is 6. The fourth-order valence-corrected chi connectivity index (χ4v) is 2.95. The molecule has 2 heterocycles. The number of nitrogens with one attached hydrogen (secondary N) is 1. The van der Waals surface area contributed by atoms with Crippen LogP contribution >= 0.6 is 0 Å². The van der Waals surface area contributed by atoms with Gasteiger partial charge in [-0.3, -0.25) is 4.79 Å². The molecule has 7 nitrogen and oxygen atoms in total. The van der Waals surface area contributed by atoms with Crippen LogP contribution in [0.3, 0.4) is 0 Å². The highest BCUT2D eigenvalue weighted by Crippen LogP contribution is 2.22. The molecule has 0 bridgehead atoms. The molecule has 1 N–H and O–H groups in total. The first-order valence-corrected chi connectivity index (χ1v) is 8.98. The molecule has 0 aliphatic carbocycles. The second-order valence-corrected chi connectivity index (χ2v) is 6.36. The number of aromatic nitrogens is 2. The van der Waals surface area contributed by atoms with Crippen LogP contribution in [0.5, 0.6) is 11.5 Å². The summed E-state index contributed by atoms with van der Waals surface area (Å²) in [5.41, 5.74) is 0.518. The standard InChI is InChI=1S/C21H21FN4O3/c1-4-20(27)26-8-7-15(13-26)24-19-12-23-21(22)18(25-19)6-5-14-9-16(28-2)11-17(10-14)29-3/h4,9-12,15H,1,7-8,13H2,2-3H3,(H,24,25). The number of carbonyl (C=O) groups excluding carboxylic acids is 1. The second-order valence-electron chi connectivity index (χ2n) is 6.36. The Balaban J connectivity index is 1.76. The predicted molar refractivity (Wildman–Crippen MR) is 106 cm³/mol. The number of halogens is 1. The molecular formula is C21H21FN4O3. The summed E-state index contributed by atoms with van der Waals surface area (Å²) in [7, 11) is 3.08. The SMILES string of the molecule is C=CC(=O)N1CCC(Nc2cnc(F)c(C#Cc3cc(OC)cc(OC)c3)n2)C1. The van der Waals surface area contributed by atoms with Crippen LogP contribution in [-0.2, 0) is 4.79 Å². The quantitative estimate of drug-likeness (QED) is 0.617. The Bertz CT molecular complexity index is 961. The number of amides is 1. The number of hydrogen-bond donors (Lipinski definition) is 1. The second kappa shape index (κ2) is 9.06. The smallest absolute Gasteiger partial charge is 0.247 e. The van der Waals surface area contributed by atoms with Gasteiger partial charge in [0.15, 0.2) is 5.69 Å². The molecule has 29 heavy (non-hydrogen) atoms. The molecule has 150 valence electrons. The average molecular weight is 396 g/mol. The molecule has 1 amide bonds. The lowest BCUT2D eigenvalue weighted by Crippen LogP contribution is -2.30. The normalized spacial score (nSPS) is 15.3. The Hall–Kier alpha value is -3.60. The van der Waals surface area contributed by atoms with Crippen molar-refractivity contribution in [2.45, 2.75) is 12.5 Å². The maximum Gasteiger partial charge on any atom is 0.247 e. The molecule has 1 aliphatic rings. The van der Waals surface area contributed by atoms with Crippen molar-refractivity contribution in [3.8, 4) is 23.3 Å². The summed E-state index contributed by atoms with van der Waals surface area (Å²) in [5, 5.41) is 3.18. The van der Waals surface area contributed by atoms with Crippen LogP contribution < -0.4 is 14.8 Å². The Morgan fingerprint density at radius 2 is 2.03 bits per heavy atom. The summed E-state index contributed by atoms with van der Waals surface area (Å²) < 4.78 is 24.5. The summed E-state index contributed by atoms with van der Waals surface area (Å²) in [6, 6.07) is 5.15. The monoisotopic (exact) mass is 396 g/mol. The zero-order chi connectivity index (χ0) is 20.8. The van der Waals surface area contributed by atoms with Gasteiger partial charge in [-0.25, -0.2) is 9.97 Å². The minimum atomic E-state index is -0.757. The lowest BCUT2D eigenvalue weighted by molar-refractivity contribution is -0.125. The van der Waals surface area contributed by atoms with Crippen molar-refractivity contribution in [1.82, 2.24) is 14.9 Å². The van der Waals surface area contributed by atoms with Gasteiger partial charge in [0.25, 0.3) is 0 Å². The first kappa shape index (κ1) is 20.1. The van der Waals surface area contributed by atoms with Gasteiger partial charge in [0.2, 0.25) is 11.9 Å². The third kappa shape index (κ3) is 5.02. The lowest BCUT2D eigenvalue weighted by atomic mass is 10.2. The van der Waals surface area contributed by atoms with Gasteiger partial charge in [-0.1, -0.05) is 12.5 Å². The van der Waals surface area contributed by atoms with Crippen LogP contribution in [0.1, 0.15) is 17.7 Å². The number of nitrogens with zero attached hydrogens (tertiary/aromatic N) is 3. The van der Waals surface area contributed by atoms with Crippen LogP contribution in [-0.4, -0.2) is 54.1 Å². The summed E-state index contributed by atoms with van der Waals surface area (Å²) in [4.78, 5) is 21.3. The third-order valence-electron chi connectivity index (χ3n) is 4.43. The van der Waals surface area contributed by atoms with Gasteiger partial charge in [0.05, 0.1) is 20.4 Å². The highest BCUT2D eigenvalue weighted by Gasteiger charge is 2.25. The van der Waals surface area contributed by atoms with E-state index >= 15 is 0 Å².